The fourth-order valence-corrected chi connectivity index (χ4v) is 3.57. The molecule has 0 unspecified atom stereocenters. The van der Waals surface area contributed by atoms with Gasteiger partial charge in [-0.15, -0.1) is 10.2 Å². The highest BCUT2D eigenvalue weighted by atomic mass is 35.5. The third-order valence-corrected chi connectivity index (χ3v) is 4.88. The molecular formula is C13H19ClN6S. The van der Waals surface area contributed by atoms with Crippen LogP contribution in [-0.4, -0.2) is 43.4 Å². The van der Waals surface area contributed by atoms with Crippen LogP contribution in [0.4, 0.5) is 0 Å². The minimum absolute atomic E-state index is 0.482. The standard InChI is InChI=1S/C13H19ClN6S/c1-19-12(10-3-2-4-15-7-10)17-18-13(19)21-6-5-20-9-11(14)8-16-20/h8-10,15H,2-7H2,1H3/t10-/m1/s1. The van der Waals surface area contributed by atoms with Gasteiger partial charge in [0.05, 0.1) is 17.8 Å². The molecule has 8 heteroatoms. The summed E-state index contributed by atoms with van der Waals surface area (Å²) in [4.78, 5) is 0. The molecule has 1 saturated heterocycles. The van der Waals surface area contributed by atoms with Crippen LogP contribution in [-0.2, 0) is 13.6 Å². The molecular weight excluding hydrogens is 308 g/mol. The molecule has 0 radical (unpaired) electrons. The Morgan fingerprint density at radius 3 is 3.10 bits per heavy atom. The number of halogens is 1. The second kappa shape index (κ2) is 6.81. The van der Waals surface area contributed by atoms with E-state index in [1.807, 2.05) is 10.9 Å². The number of hydrogen-bond acceptors (Lipinski definition) is 5. The first-order chi connectivity index (χ1) is 10.2. The summed E-state index contributed by atoms with van der Waals surface area (Å²) in [5.74, 6) is 2.47. The van der Waals surface area contributed by atoms with Gasteiger partial charge in [0.1, 0.15) is 5.82 Å². The van der Waals surface area contributed by atoms with Crippen molar-refractivity contribution in [1.82, 2.24) is 29.9 Å². The first-order valence-corrected chi connectivity index (χ1v) is 8.51. The van der Waals surface area contributed by atoms with Crippen molar-refractivity contribution in [2.24, 2.45) is 7.05 Å². The summed E-state index contributed by atoms with van der Waals surface area (Å²) in [5, 5.41) is 17.9. The zero-order valence-electron chi connectivity index (χ0n) is 12.0. The van der Waals surface area contributed by atoms with E-state index in [0.29, 0.717) is 10.9 Å². The van der Waals surface area contributed by atoms with E-state index in [9.17, 15) is 0 Å². The lowest BCUT2D eigenvalue weighted by Crippen LogP contribution is -2.29. The molecule has 0 aliphatic carbocycles. The van der Waals surface area contributed by atoms with Crippen LogP contribution in [0.1, 0.15) is 24.6 Å². The summed E-state index contributed by atoms with van der Waals surface area (Å²) in [6.07, 6.45) is 5.89. The molecule has 0 amide bonds. The Morgan fingerprint density at radius 2 is 2.38 bits per heavy atom. The van der Waals surface area contributed by atoms with Gasteiger partial charge in [0.15, 0.2) is 5.16 Å². The Labute approximate surface area is 133 Å². The molecule has 1 atom stereocenters. The predicted molar refractivity (Wildman–Crippen MR) is 83.8 cm³/mol. The first-order valence-electron chi connectivity index (χ1n) is 7.15. The number of thioether (sulfide) groups is 1. The Hall–Kier alpha value is -1.05. The van der Waals surface area contributed by atoms with Gasteiger partial charge in [-0.3, -0.25) is 4.68 Å². The summed E-state index contributed by atoms with van der Waals surface area (Å²) < 4.78 is 3.97. The van der Waals surface area contributed by atoms with E-state index in [2.05, 4.69) is 32.2 Å². The smallest absolute Gasteiger partial charge is 0.191 e. The van der Waals surface area contributed by atoms with Crippen LogP contribution in [0.15, 0.2) is 17.6 Å². The average molecular weight is 327 g/mol. The first kappa shape index (κ1) is 14.9. The fraction of sp³-hybridized carbons (Fsp3) is 0.615. The molecule has 1 aliphatic rings. The number of nitrogens with zero attached hydrogens (tertiary/aromatic N) is 5. The van der Waals surface area contributed by atoms with Crippen molar-refractivity contribution in [2.75, 3.05) is 18.8 Å². The molecule has 1 fully saturated rings. The van der Waals surface area contributed by atoms with Gasteiger partial charge >= 0.3 is 0 Å². The molecule has 2 aromatic rings. The van der Waals surface area contributed by atoms with Crippen LogP contribution < -0.4 is 5.32 Å². The van der Waals surface area contributed by atoms with Crippen LogP contribution in [0.5, 0.6) is 0 Å². The summed E-state index contributed by atoms with van der Waals surface area (Å²) in [6.45, 7) is 2.93. The SMILES string of the molecule is Cn1c(SCCn2cc(Cl)cn2)nnc1[C@@H]1CCCNC1. The number of hydrogen-bond donors (Lipinski definition) is 1. The molecule has 1 N–H and O–H groups in total. The molecule has 0 spiro atoms. The molecule has 0 aromatic carbocycles. The zero-order valence-corrected chi connectivity index (χ0v) is 13.6. The van der Waals surface area contributed by atoms with E-state index in [1.165, 1.54) is 12.8 Å². The minimum Gasteiger partial charge on any atom is -0.316 e. The number of rotatable bonds is 5. The Bertz CT molecular complexity index is 589. The lowest BCUT2D eigenvalue weighted by Gasteiger charge is -2.21. The molecule has 2 aromatic heterocycles. The summed E-state index contributed by atoms with van der Waals surface area (Å²) in [5.41, 5.74) is 0. The van der Waals surface area contributed by atoms with Crippen molar-refractivity contribution in [1.29, 1.82) is 0 Å². The number of aromatic nitrogens is 5. The molecule has 6 nitrogen and oxygen atoms in total. The predicted octanol–water partition coefficient (Wildman–Crippen LogP) is 1.92. The van der Waals surface area contributed by atoms with Crippen molar-refractivity contribution >= 4 is 23.4 Å². The van der Waals surface area contributed by atoms with Gasteiger partial charge in [-0.25, -0.2) is 0 Å². The maximum Gasteiger partial charge on any atom is 0.191 e. The topological polar surface area (TPSA) is 60.6 Å². The van der Waals surface area contributed by atoms with Gasteiger partial charge < -0.3 is 9.88 Å². The summed E-state index contributed by atoms with van der Waals surface area (Å²) in [6, 6.07) is 0. The molecule has 3 rings (SSSR count). The Morgan fingerprint density at radius 1 is 1.48 bits per heavy atom. The van der Waals surface area contributed by atoms with E-state index in [1.54, 1.807) is 18.0 Å². The zero-order chi connectivity index (χ0) is 14.7. The van der Waals surface area contributed by atoms with Gasteiger partial charge in [-0.05, 0) is 19.4 Å². The summed E-state index contributed by atoms with van der Waals surface area (Å²) in [7, 11) is 2.05. The maximum atomic E-state index is 5.85. The van der Waals surface area contributed by atoms with Crippen molar-refractivity contribution < 1.29 is 0 Å². The third kappa shape index (κ3) is 3.59. The Kier molecular flexibility index (Phi) is 4.82. The van der Waals surface area contributed by atoms with Crippen LogP contribution in [0, 0.1) is 0 Å². The van der Waals surface area contributed by atoms with E-state index < -0.39 is 0 Å². The molecule has 114 valence electrons. The average Bonchev–Trinajstić information content (AvgIpc) is 3.07. The highest BCUT2D eigenvalue weighted by Crippen LogP contribution is 2.24. The van der Waals surface area contributed by atoms with Crippen molar-refractivity contribution in [3.63, 3.8) is 0 Å². The van der Waals surface area contributed by atoms with Gasteiger partial charge in [0, 0.05) is 31.5 Å². The number of aryl methyl sites for hydroxylation is 1. The van der Waals surface area contributed by atoms with Gasteiger partial charge in [0.2, 0.25) is 0 Å². The van der Waals surface area contributed by atoms with Crippen LogP contribution in [0.3, 0.4) is 0 Å². The van der Waals surface area contributed by atoms with Gasteiger partial charge in [0.25, 0.3) is 0 Å². The van der Waals surface area contributed by atoms with Crippen LogP contribution in [0.25, 0.3) is 0 Å². The molecule has 1 aliphatic heterocycles. The summed E-state index contributed by atoms with van der Waals surface area (Å²) >= 11 is 7.55. The van der Waals surface area contributed by atoms with E-state index in [4.69, 9.17) is 11.6 Å². The fourth-order valence-electron chi connectivity index (χ4n) is 2.57. The van der Waals surface area contributed by atoms with Gasteiger partial charge in [-0.2, -0.15) is 5.10 Å². The van der Waals surface area contributed by atoms with E-state index in [-0.39, 0.29) is 0 Å². The third-order valence-electron chi connectivity index (χ3n) is 3.68. The second-order valence-electron chi connectivity index (χ2n) is 5.21. The molecule has 0 bridgehead atoms. The lowest BCUT2D eigenvalue weighted by atomic mass is 9.99. The monoisotopic (exact) mass is 326 g/mol. The largest absolute Gasteiger partial charge is 0.316 e. The molecule has 3 heterocycles. The maximum absolute atomic E-state index is 5.85. The highest BCUT2D eigenvalue weighted by molar-refractivity contribution is 7.99. The van der Waals surface area contributed by atoms with Gasteiger partial charge in [-0.1, -0.05) is 23.4 Å². The quantitative estimate of drug-likeness (QED) is 0.851. The second-order valence-corrected chi connectivity index (χ2v) is 6.71. The number of piperidine rings is 1. The van der Waals surface area contributed by atoms with E-state index in [0.717, 1.165) is 36.4 Å². The lowest BCUT2D eigenvalue weighted by molar-refractivity contribution is 0.436. The Balaban J connectivity index is 1.57. The van der Waals surface area contributed by atoms with Crippen molar-refractivity contribution in [3.8, 4) is 0 Å². The van der Waals surface area contributed by atoms with Crippen LogP contribution >= 0.6 is 23.4 Å². The number of nitrogens with one attached hydrogen (secondary N) is 1. The van der Waals surface area contributed by atoms with E-state index >= 15 is 0 Å². The normalized spacial score (nSPS) is 19.0. The molecule has 21 heavy (non-hydrogen) atoms. The minimum atomic E-state index is 0.482. The van der Waals surface area contributed by atoms with Crippen LogP contribution in [0.2, 0.25) is 5.02 Å². The highest BCUT2D eigenvalue weighted by Gasteiger charge is 2.21. The van der Waals surface area contributed by atoms with Crippen molar-refractivity contribution in [2.45, 2.75) is 30.5 Å². The molecule has 0 saturated carbocycles. The van der Waals surface area contributed by atoms with Crippen molar-refractivity contribution in [3.05, 3.63) is 23.2 Å².